The van der Waals surface area contributed by atoms with Crippen LogP contribution in [0.4, 0.5) is 4.79 Å². The van der Waals surface area contributed by atoms with Gasteiger partial charge >= 0.3 is 6.09 Å². The third kappa shape index (κ3) is 3.87. The molecule has 0 radical (unpaired) electrons. The number of morpholine rings is 1. The standard InChI is InChI=1S/C18H26N2O4/c1-17(2,3)24-16(21)20-14-8-18(22,9-15(20)12-23-11-14)7-13-5-4-6-19-10-13/h4-6,10,14-15,22H,7-9,11-12H2,1-3H3. The van der Waals surface area contributed by atoms with Crippen LogP contribution in [0.2, 0.25) is 0 Å². The molecular formula is C18H26N2O4. The van der Waals surface area contributed by atoms with E-state index < -0.39 is 11.2 Å². The zero-order valence-corrected chi connectivity index (χ0v) is 14.6. The molecule has 1 aromatic heterocycles. The summed E-state index contributed by atoms with van der Waals surface area (Å²) in [7, 11) is 0. The highest BCUT2D eigenvalue weighted by Crippen LogP contribution is 2.37. The number of aromatic nitrogens is 1. The molecule has 6 heteroatoms. The van der Waals surface area contributed by atoms with Crippen molar-refractivity contribution in [2.45, 2.75) is 63.3 Å². The van der Waals surface area contributed by atoms with E-state index in [4.69, 9.17) is 9.47 Å². The fourth-order valence-corrected chi connectivity index (χ4v) is 3.71. The van der Waals surface area contributed by atoms with Crippen molar-refractivity contribution in [2.24, 2.45) is 0 Å². The minimum atomic E-state index is -0.847. The van der Waals surface area contributed by atoms with Crippen LogP contribution in [0.15, 0.2) is 24.5 Å². The van der Waals surface area contributed by atoms with E-state index in [1.165, 1.54) is 0 Å². The zero-order chi connectivity index (χ0) is 17.4. The Balaban J connectivity index is 1.74. The molecule has 1 N–H and O–H groups in total. The van der Waals surface area contributed by atoms with Crippen molar-refractivity contribution in [3.05, 3.63) is 30.1 Å². The van der Waals surface area contributed by atoms with Crippen LogP contribution in [0.5, 0.6) is 0 Å². The van der Waals surface area contributed by atoms with Gasteiger partial charge in [0.2, 0.25) is 0 Å². The topological polar surface area (TPSA) is 71.9 Å². The molecule has 1 amide bonds. The lowest BCUT2D eigenvalue weighted by atomic mass is 9.78. The van der Waals surface area contributed by atoms with Gasteiger partial charge in [0.1, 0.15) is 5.60 Å². The third-order valence-electron chi connectivity index (χ3n) is 4.50. The number of fused-ring (bicyclic) bond motifs is 2. The summed E-state index contributed by atoms with van der Waals surface area (Å²) in [4.78, 5) is 18.4. The molecule has 3 heterocycles. The minimum absolute atomic E-state index is 0.158. The first-order valence-corrected chi connectivity index (χ1v) is 8.46. The molecule has 1 aromatic rings. The summed E-state index contributed by atoms with van der Waals surface area (Å²) >= 11 is 0. The smallest absolute Gasteiger partial charge is 0.410 e. The lowest BCUT2D eigenvalue weighted by molar-refractivity contribution is -0.137. The molecule has 2 fully saturated rings. The maximum atomic E-state index is 12.6. The Labute approximate surface area is 142 Å². The van der Waals surface area contributed by atoms with Gasteiger partial charge in [-0.1, -0.05) is 6.07 Å². The Morgan fingerprint density at radius 2 is 2.08 bits per heavy atom. The Hall–Kier alpha value is -1.66. The van der Waals surface area contributed by atoms with Gasteiger partial charge in [-0.3, -0.25) is 9.88 Å². The molecule has 2 atom stereocenters. The predicted molar refractivity (Wildman–Crippen MR) is 88.6 cm³/mol. The van der Waals surface area contributed by atoms with Gasteiger partial charge in [0.25, 0.3) is 0 Å². The Bertz CT molecular complexity index is 570. The van der Waals surface area contributed by atoms with Gasteiger partial charge in [-0.2, -0.15) is 0 Å². The number of pyridine rings is 1. The molecule has 2 bridgehead atoms. The van der Waals surface area contributed by atoms with Crippen molar-refractivity contribution >= 4 is 6.09 Å². The zero-order valence-electron chi connectivity index (χ0n) is 14.6. The fraction of sp³-hybridized carbons (Fsp3) is 0.667. The van der Waals surface area contributed by atoms with Crippen LogP contribution < -0.4 is 0 Å². The van der Waals surface area contributed by atoms with Crippen LogP contribution in [0, 0.1) is 0 Å². The summed E-state index contributed by atoms with van der Waals surface area (Å²) in [6.45, 7) is 6.45. The van der Waals surface area contributed by atoms with Gasteiger partial charge < -0.3 is 14.6 Å². The average Bonchev–Trinajstić information content (AvgIpc) is 2.45. The number of carbonyl (C=O) groups is 1. The molecular weight excluding hydrogens is 308 g/mol. The number of ether oxygens (including phenoxy) is 2. The van der Waals surface area contributed by atoms with Crippen molar-refractivity contribution < 1.29 is 19.4 Å². The number of hydrogen-bond acceptors (Lipinski definition) is 5. The van der Waals surface area contributed by atoms with Gasteiger partial charge in [-0.15, -0.1) is 0 Å². The highest BCUT2D eigenvalue weighted by Gasteiger charge is 2.49. The number of nitrogens with zero attached hydrogens (tertiary/aromatic N) is 2. The third-order valence-corrected chi connectivity index (χ3v) is 4.50. The van der Waals surface area contributed by atoms with Gasteiger partial charge in [-0.05, 0) is 45.2 Å². The summed E-state index contributed by atoms with van der Waals surface area (Å²) in [5, 5.41) is 11.1. The Kier molecular flexibility index (Phi) is 4.53. The molecule has 0 spiro atoms. The van der Waals surface area contributed by atoms with Gasteiger partial charge in [-0.25, -0.2) is 4.79 Å². The van der Waals surface area contributed by atoms with Gasteiger partial charge in [0.15, 0.2) is 0 Å². The van der Waals surface area contributed by atoms with E-state index in [9.17, 15) is 9.90 Å². The fourth-order valence-electron chi connectivity index (χ4n) is 3.71. The number of carbonyl (C=O) groups excluding carboxylic acids is 1. The Morgan fingerprint density at radius 3 is 2.62 bits per heavy atom. The monoisotopic (exact) mass is 334 g/mol. The maximum absolute atomic E-state index is 12.6. The molecule has 3 rings (SSSR count). The van der Waals surface area contributed by atoms with Crippen molar-refractivity contribution in [3.63, 3.8) is 0 Å². The van der Waals surface area contributed by atoms with E-state index in [0.717, 1.165) is 5.56 Å². The molecule has 2 saturated heterocycles. The average molecular weight is 334 g/mol. The second-order valence-electron chi connectivity index (χ2n) is 7.90. The van der Waals surface area contributed by atoms with Gasteiger partial charge in [0, 0.05) is 18.8 Å². The van der Waals surface area contributed by atoms with E-state index in [1.54, 1.807) is 17.3 Å². The molecule has 24 heavy (non-hydrogen) atoms. The van der Waals surface area contributed by atoms with Gasteiger partial charge in [0.05, 0.1) is 30.9 Å². The van der Waals surface area contributed by atoms with Crippen LogP contribution >= 0.6 is 0 Å². The summed E-state index contributed by atoms with van der Waals surface area (Å²) in [6, 6.07) is 3.53. The molecule has 0 saturated carbocycles. The van der Waals surface area contributed by atoms with Crippen LogP contribution in [-0.4, -0.2) is 57.6 Å². The SMILES string of the molecule is CC(C)(C)OC(=O)N1C2COCC1CC(O)(Cc1cccnc1)C2. The summed E-state index contributed by atoms with van der Waals surface area (Å²) < 4.78 is 11.2. The number of rotatable bonds is 2. The van der Waals surface area contributed by atoms with Crippen molar-refractivity contribution in [1.29, 1.82) is 0 Å². The first-order valence-electron chi connectivity index (χ1n) is 8.46. The molecule has 0 aromatic carbocycles. The van der Waals surface area contributed by atoms with E-state index in [0.29, 0.717) is 32.5 Å². The largest absolute Gasteiger partial charge is 0.444 e. The summed E-state index contributed by atoms with van der Waals surface area (Å²) in [5.74, 6) is 0. The van der Waals surface area contributed by atoms with E-state index in [2.05, 4.69) is 4.98 Å². The highest BCUT2D eigenvalue weighted by atomic mass is 16.6. The van der Waals surface area contributed by atoms with E-state index in [1.807, 2.05) is 32.9 Å². The summed E-state index contributed by atoms with van der Waals surface area (Å²) in [5.41, 5.74) is -0.374. The Morgan fingerprint density at radius 1 is 1.42 bits per heavy atom. The highest BCUT2D eigenvalue weighted by molar-refractivity contribution is 5.69. The lowest BCUT2D eigenvalue weighted by Crippen LogP contribution is -2.64. The molecule has 6 nitrogen and oxygen atoms in total. The van der Waals surface area contributed by atoms with Crippen LogP contribution in [-0.2, 0) is 15.9 Å². The van der Waals surface area contributed by atoms with Crippen molar-refractivity contribution in [3.8, 4) is 0 Å². The molecule has 2 aliphatic heterocycles. The van der Waals surface area contributed by atoms with E-state index >= 15 is 0 Å². The van der Waals surface area contributed by atoms with Crippen LogP contribution in [0.1, 0.15) is 39.2 Å². The lowest BCUT2D eigenvalue weighted by Gasteiger charge is -2.51. The minimum Gasteiger partial charge on any atom is -0.444 e. The number of amides is 1. The normalized spacial score (nSPS) is 30.1. The molecule has 2 aliphatic rings. The predicted octanol–water partition coefficient (Wildman–Crippen LogP) is 2.15. The summed E-state index contributed by atoms with van der Waals surface area (Å²) in [6.07, 6.45) is 4.70. The number of piperidine rings is 1. The number of aliphatic hydroxyl groups is 1. The maximum Gasteiger partial charge on any atom is 0.410 e. The van der Waals surface area contributed by atoms with Crippen LogP contribution in [0.3, 0.4) is 0 Å². The van der Waals surface area contributed by atoms with E-state index in [-0.39, 0.29) is 18.2 Å². The first-order chi connectivity index (χ1) is 11.3. The quantitative estimate of drug-likeness (QED) is 0.897. The second kappa shape index (κ2) is 6.33. The molecule has 0 aliphatic carbocycles. The van der Waals surface area contributed by atoms with Crippen LogP contribution in [0.25, 0.3) is 0 Å². The van der Waals surface area contributed by atoms with Crippen molar-refractivity contribution in [2.75, 3.05) is 13.2 Å². The van der Waals surface area contributed by atoms with Crippen molar-refractivity contribution in [1.82, 2.24) is 9.88 Å². The molecule has 2 unspecified atom stereocenters. The molecule has 132 valence electrons. The second-order valence-corrected chi connectivity index (χ2v) is 7.90. The first kappa shape index (κ1) is 17.2. The number of hydrogen-bond donors (Lipinski definition) is 1.